The van der Waals surface area contributed by atoms with Crippen molar-refractivity contribution >= 4 is 11.6 Å². The highest BCUT2D eigenvalue weighted by Gasteiger charge is 2.12. The van der Waals surface area contributed by atoms with Gasteiger partial charge in [0, 0.05) is 5.56 Å². The molecule has 106 valence electrons. The van der Waals surface area contributed by atoms with Crippen LogP contribution in [0, 0.1) is 11.3 Å². The number of nitriles is 1. The molecular weight excluding hydrogens is 266 g/mol. The Labute approximate surface area is 122 Å². The van der Waals surface area contributed by atoms with E-state index in [0.717, 1.165) is 5.56 Å². The Morgan fingerprint density at radius 2 is 1.95 bits per heavy atom. The quantitative estimate of drug-likeness (QED) is 0.594. The van der Waals surface area contributed by atoms with Crippen LogP contribution in [0.5, 0.6) is 5.75 Å². The molecule has 0 bridgehead atoms. The summed E-state index contributed by atoms with van der Waals surface area (Å²) in [5.74, 6) is -0.421. The van der Waals surface area contributed by atoms with E-state index >= 15 is 0 Å². The number of hydrogen-bond acceptors (Lipinski definition) is 4. The van der Waals surface area contributed by atoms with Crippen molar-refractivity contribution in [2.45, 2.75) is 13.0 Å². The van der Waals surface area contributed by atoms with Crippen LogP contribution in [0.4, 0.5) is 5.69 Å². The number of hydrogen-bond donors (Lipinski definition) is 3. The van der Waals surface area contributed by atoms with E-state index in [9.17, 15) is 9.90 Å². The largest absolute Gasteiger partial charge is 0.506 e. The summed E-state index contributed by atoms with van der Waals surface area (Å²) in [6.45, 7) is 1.84. The average molecular weight is 281 g/mol. The monoisotopic (exact) mass is 281 g/mol. The van der Waals surface area contributed by atoms with Gasteiger partial charge in [0.05, 0.1) is 23.4 Å². The highest BCUT2D eigenvalue weighted by atomic mass is 16.3. The highest BCUT2D eigenvalue weighted by molar-refractivity contribution is 5.95. The zero-order valence-electron chi connectivity index (χ0n) is 11.5. The summed E-state index contributed by atoms with van der Waals surface area (Å²) < 4.78 is 0. The van der Waals surface area contributed by atoms with Gasteiger partial charge >= 0.3 is 0 Å². The number of carbonyl (C=O) groups excluding carboxylic acids is 1. The van der Waals surface area contributed by atoms with Gasteiger partial charge in [-0.25, -0.2) is 0 Å². The number of amides is 1. The van der Waals surface area contributed by atoms with E-state index < -0.39 is 0 Å². The Morgan fingerprint density at radius 1 is 1.29 bits per heavy atom. The summed E-state index contributed by atoms with van der Waals surface area (Å²) in [4.78, 5) is 12.1. The van der Waals surface area contributed by atoms with Crippen molar-refractivity contribution in [2.24, 2.45) is 0 Å². The molecule has 5 heteroatoms. The summed E-state index contributed by atoms with van der Waals surface area (Å²) in [5.41, 5.74) is 7.53. The van der Waals surface area contributed by atoms with Crippen molar-refractivity contribution in [3.05, 3.63) is 59.2 Å². The molecule has 2 aromatic rings. The molecule has 0 aliphatic carbocycles. The van der Waals surface area contributed by atoms with E-state index in [2.05, 4.69) is 5.32 Å². The topological polar surface area (TPSA) is 99.1 Å². The van der Waals surface area contributed by atoms with Gasteiger partial charge in [0.2, 0.25) is 0 Å². The summed E-state index contributed by atoms with van der Waals surface area (Å²) in [5, 5.41) is 21.1. The van der Waals surface area contributed by atoms with Crippen molar-refractivity contribution in [1.82, 2.24) is 5.32 Å². The van der Waals surface area contributed by atoms with E-state index in [1.165, 1.54) is 12.1 Å². The smallest absolute Gasteiger partial charge is 0.251 e. The molecule has 2 aromatic carbocycles. The standard InChI is InChI=1S/C16H15N3O2/c1-10(12-4-2-11(9-17)3-5-12)19-16(21)13-6-7-14(18)15(20)8-13/h2-8,10,20H,18H2,1H3,(H,19,21). The minimum Gasteiger partial charge on any atom is -0.506 e. The third-order valence-electron chi connectivity index (χ3n) is 3.18. The van der Waals surface area contributed by atoms with Crippen molar-refractivity contribution in [3.63, 3.8) is 0 Å². The molecule has 0 aliphatic heterocycles. The minimum absolute atomic E-state index is 0.117. The highest BCUT2D eigenvalue weighted by Crippen LogP contribution is 2.21. The van der Waals surface area contributed by atoms with E-state index in [1.807, 2.05) is 13.0 Å². The van der Waals surface area contributed by atoms with Crippen LogP contribution in [0.2, 0.25) is 0 Å². The molecule has 0 aliphatic rings. The second-order valence-electron chi connectivity index (χ2n) is 4.70. The van der Waals surface area contributed by atoms with Gasteiger partial charge in [-0.3, -0.25) is 4.79 Å². The number of nitrogen functional groups attached to an aromatic ring is 1. The van der Waals surface area contributed by atoms with Gasteiger partial charge < -0.3 is 16.2 Å². The molecule has 0 saturated heterocycles. The maximum Gasteiger partial charge on any atom is 0.251 e. The zero-order valence-corrected chi connectivity index (χ0v) is 11.5. The average Bonchev–Trinajstić information content (AvgIpc) is 2.50. The predicted molar refractivity (Wildman–Crippen MR) is 79.6 cm³/mol. The molecule has 0 radical (unpaired) electrons. The summed E-state index contributed by atoms with van der Waals surface area (Å²) in [7, 11) is 0. The number of phenolic OH excluding ortho intramolecular Hbond substituents is 1. The fourth-order valence-electron chi connectivity index (χ4n) is 1.89. The summed E-state index contributed by atoms with van der Waals surface area (Å²) in [6.07, 6.45) is 0. The Bertz CT molecular complexity index is 702. The first kappa shape index (κ1) is 14.4. The number of anilines is 1. The van der Waals surface area contributed by atoms with Crippen molar-refractivity contribution < 1.29 is 9.90 Å². The van der Waals surface area contributed by atoms with Crippen molar-refractivity contribution in [3.8, 4) is 11.8 Å². The summed E-state index contributed by atoms with van der Waals surface area (Å²) in [6, 6.07) is 13.2. The second kappa shape index (κ2) is 5.97. The molecule has 0 fully saturated rings. The number of nitrogens with one attached hydrogen (secondary N) is 1. The molecule has 2 rings (SSSR count). The van der Waals surface area contributed by atoms with Crippen LogP contribution < -0.4 is 11.1 Å². The van der Waals surface area contributed by atoms with Crippen LogP contribution in [-0.2, 0) is 0 Å². The lowest BCUT2D eigenvalue weighted by molar-refractivity contribution is 0.0939. The Morgan fingerprint density at radius 3 is 2.52 bits per heavy atom. The third kappa shape index (κ3) is 3.31. The first-order valence-electron chi connectivity index (χ1n) is 6.40. The number of aromatic hydroxyl groups is 1. The Balaban J connectivity index is 2.10. The predicted octanol–water partition coefficient (Wildman–Crippen LogP) is 2.34. The van der Waals surface area contributed by atoms with E-state index in [0.29, 0.717) is 11.1 Å². The fourth-order valence-corrected chi connectivity index (χ4v) is 1.89. The zero-order chi connectivity index (χ0) is 15.4. The van der Waals surface area contributed by atoms with Crippen LogP contribution in [0.3, 0.4) is 0 Å². The van der Waals surface area contributed by atoms with Crippen molar-refractivity contribution in [2.75, 3.05) is 5.73 Å². The number of nitrogens with two attached hydrogens (primary N) is 1. The molecule has 1 atom stereocenters. The van der Waals surface area contributed by atoms with E-state index in [1.54, 1.807) is 30.3 Å². The van der Waals surface area contributed by atoms with Gasteiger partial charge in [-0.2, -0.15) is 5.26 Å². The molecule has 0 heterocycles. The number of nitrogens with zero attached hydrogens (tertiary/aromatic N) is 1. The summed E-state index contributed by atoms with van der Waals surface area (Å²) >= 11 is 0. The van der Waals surface area contributed by atoms with Crippen LogP contribution in [0.15, 0.2) is 42.5 Å². The minimum atomic E-state index is -0.304. The molecule has 0 aromatic heterocycles. The third-order valence-corrected chi connectivity index (χ3v) is 3.18. The number of phenols is 1. The van der Waals surface area contributed by atoms with Crippen LogP contribution in [0.25, 0.3) is 0 Å². The van der Waals surface area contributed by atoms with Gasteiger partial charge in [-0.05, 0) is 42.8 Å². The maximum atomic E-state index is 12.1. The van der Waals surface area contributed by atoms with Crippen LogP contribution in [0.1, 0.15) is 34.5 Å². The number of carbonyl (C=O) groups is 1. The number of benzene rings is 2. The van der Waals surface area contributed by atoms with Crippen molar-refractivity contribution in [1.29, 1.82) is 5.26 Å². The fraction of sp³-hybridized carbons (Fsp3) is 0.125. The molecule has 1 amide bonds. The Kier molecular flexibility index (Phi) is 4.10. The van der Waals surface area contributed by atoms with E-state index in [-0.39, 0.29) is 23.4 Å². The molecule has 1 unspecified atom stereocenters. The first-order chi connectivity index (χ1) is 10.0. The SMILES string of the molecule is CC(NC(=O)c1ccc(N)c(O)c1)c1ccc(C#N)cc1. The first-order valence-corrected chi connectivity index (χ1v) is 6.40. The Hall–Kier alpha value is -3.00. The van der Waals surface area contributed by atoms with Gasteiger partial charge in [-0.15, -0.1) is 0 Å². The van der Waals surface area contributed by atoms with Gasteiger partial charge in [0.1, 0.15) is 5.75 Å². The second-order valence-corrected chi connectivity index (χ2v) is 4.70. The number of rotatable bonds is 3. The molecular formula is C16H15N3O2. The van der Waals surface area contributed by atoms with Crippen LogP contribution >= 0.6 is 0 Å². The molecule has 21 heavy (non-hydrogen) atoms. The molecule has 5 nitrogen and oxygen atoms in total. The van der Waals surface area contributed by atoms with Gasteiger partial charge in [0.15, 0.2) is 0 Å². The van der Waals surface area contributed by atoms with Gasteiger partial charge in [-0.1, -0.05) is 12.1 Å². The maximum absolute atomic E-state index is 12.1. The lowest BCUT2D eigenvalue weighted by Crippen LogP contribution is -2.26. The van der Waals surface area contributed by atoms with Crippen LogP contribution in [-0.4, -0.2) is 11.0 Å². The molecule has 4 N–H and O–H groups in total. The lowest BCUT2D eigenvalue weighted by atomic mass is 10.1. The lowest BCUT2D eigenvalue weighted by Gasteiger charge is -2.14. The molecule has 0 spiro atoms. The van der Waals surface area contributed by atoms with E-state index in [4.69, 9.17) is 11.0 Å². The normalized spacial score (nSPS) is 11.4. The van der Waals surface area contributed by atoms with Gasteiger partial charge in [0.25, 0.3) is 5.91 Å². The molecule has 0 saturated carbocycles.